The number of rotatable bonds is 6. The van der Waals surface area contributed by atoms with Gasteiger partial charge in [0.15, 0.2) is 0 Å². The van der Waals surface area contributed by atoms with E-state index in [-0.39, 0.29) is 5.41 Å². The van der Waals surface area contributed by atoms with Crippen LogP contribution in [0.15, 0.2) is 70.4 Å². The second-order valence-electron chi connectivity index (χ2n) is 8.75. The quantitative estimate of drug-likeness (QED) is 0.367. The highest BCUT2D eigenvalue weighted by atomic mass is 16.3. The fourth-order valence-corrected chi connectivity index (χ4v) is 4.14. The summed E-state index contributed by atoms with van der Waals surface area (Å²) < 4.78 is 0. The lowest BCUT2D eigenvalue weighted by molar-refractivity contribution is -0.104. The Bertz CT molecular complexity index is 733. The molecule has 0 bridgehead atoms. The van der Waals surface area contributed by atoms with Crippen molar-refractivity contribution in [2.24, 2.45) is 5.41 Å². The monoisotopic (exact) mass is 384 g/mol. The molecule has 0 aliphatic heterocycles. The van der Waals surface area contributed by atoms with Gasteiger partial charge in [0, 0.05) is 6.42 Å². The lowest BCUT2D eigenvalue weighted by Crippen LogP contribution is -2.46. The summed E-state index contributed by atoms with van der Waals surface area (Å²) in [6.07, 6.45) is 15.0. The van der Waals surface area contributed by atoms with Crippen molar-refractivity contribution in [2.75, 3.05) is 0 Å². The van der Waals surface area contributed by atoms with Gasteiger partial charge in [0.05, 0.1) is 11.7 Å². The average Bonchev–Trinajstić information content (AvgIpc) is 2.55. The van der Waals surface area contributed by atoms with Crippen molar-refractivity contribution < 1.29 is 15.0 Å². The highest BCUT2D eigenvalue weighted by Gasteiger charge is 2.45. The van der Waals surface area contributed by atoms with E-state index >= 15 is 0 Å². The van der Waals surface area contributed by atoms with E-state index in [0.717, 1.165) is 28.6 Å². The first-order valence-electron chi connectivity index (χ1n) is 9.85. The van der Waals surface area contributed by atoms with Crippen molar-refractivity contribution in [3.05, 3.63) is 70.4 Å². The molecule has 0 amide bonds. The average molecular weight is 385 g/mol. The normalized spacial score (nSPS) is 28.9. The van der Waals surface area contributed by atoms with Gasteiger partial charge in [-0.3, -0.25) is 4.79 Å². The third-order valence-electron chi connectivity index (χ3n) is 5.28. The summed E-state index contributed by atoms with van der Waals surface area (Å²) in [6.45, 7) is 13.9. The van der Waals surface area contributed by atoms with Gasteiger partial charge in [-0.1, -0.05) is 62.0 Å². The maximum absolute atomic E-state index is 10.9. The molecular formula is C25H36O3. The van der Waals surface area contributed by atoms with Gasteiger partial charge in [-0.2, -0.15) is 0 Å². The van der Waals surface area contributed by atoms with Crippen LogP contribution in [0.4, 0.5) is 0 Å². The highest BCUT2D eigenvalue weighted by molar-refractivity contribution is 5.72. The Hall–Kier alpha value is -1.97. The van der Waals surface area contributed by atoms with E-state index in [4.69, 9.17) is 0 Å². The summed E-state index contributed by atoms with van der Waals surface area (Å²) in [5.74, 6) is 0. The van der Waals surface area contributed by atoms with Gasteiger partial charge in [-0.15, -0.1) is 0 Å². The standard InChI is InChI=1S/C25H36O3/c1-18(11-8-9-12-19(2)17-26)13-10-14-20(3)21(4)23-24(5,6)15-22(27)16-25(23,7)28/h8-14,17,22,27-28H,15-16H2,1-7H3. The number of hydrogen-bond acceptors (Lipinski definition) is 3. The van der Waals surface area contributed by atoms with Crippen LogP contribution in [0.2, 0.25) is 0 Å². The molecule has 1 rings (SSSR count). The summed E-state index contributed by atoms with van der Waals surface area (Å²) in [7, 11) is 0. The first kappa shape index (κ1) is 24.1. The third-order valence-corrected chi connectivity index (χ3v) is 5.28. The lowest BCUT2D eigenvalue weighted by Gasteiger charge is -2.46. The summed E-state index contributed by atoms with van der Waals surface area (Å²) >= 11 is 0. The lowest BCUT2D eigenvalue weighted by atomic mass is 9.63. The minimum Gasteiger partial charge on any atom is -0.393 e. The van der Waals surface area contributed by atoms with Gasteiger partial charge >= 0.3 is 0 Å². The van der Waals surface area contributed by atoms with Crippen molar-refractivity contribution >= 4 is 6.29 Å². The van der Waals surface area contributed by atoms with Gasteiger partial charge in [0.2, 0.25) is 0 Å². The van der Waals surface area contributed by atoms with Crippen LogP contribution in [-0.2, 0) is 4.79 Å². The predicted octanol–water partition coefficient (Wildman–Crippen LogP) is 5.39. The van der Waals surface area contributed by atoms with E-state index in [1.165, 1.54) is 0 Å². The maximum atomic E-state index is 10.9. The summed E-state index contributed by atoms with van der Waals surface area (Å²) in [6, 6.07) is 0. The van der Waals surface area contributed by atoms with Crippen LogP contribution in [0, 0.1) is 5.41 Å². The van der Waals surface area contributed by atoms with Crippen molar-refractivity contribution in [2.45, 2.75) is 73.0 Å². The molecule has 28 heavy (non-hydrogen) atoms. The molecule has 0 heterocycles. The number of carbonyl (C=O) groups is 1. The van der Waals surface area contributed by atoms with E-state index in [1.54, 1.807) is 19.9 Å². The van der Waals surface area contributed by atoms with Crippen LogP contribution in [0.5, 0.6) is 0 Å². The Kier molecular flexibility index (Phi) is 8.59. The first-order chi connectivity index (χ1) is 12.9. The van der Waals surface area contributed by atoms with Gasteiger partial charge in [-0.05, 0) is 68.7 Å². The Morgan fingerprint density at radius 3 is 2.04 bits per heavy atom. The zero-order valence-corrected chi connectivity index (χ0v) is 18.4. The molecule has 2 atom stereocenters. The maximum Gasteiger partial charge on any atom is 0.145 e. The van der Waals surface area contributed by atoms with Crippen LogP contribution in [-0.4, -0.2) is 28.2 Å². The molecule has 3 nitrogen and oxygen atoms in total. The predicted molar refractivity (Wildman–Crippen MR) is 118 cm³/mol. The molecule has 0 saturated heterocycles. The van der Waals surface area contributed by atoms with E-state index in [2.05, 4.69) is 33.8 Å². The van der Waals surface area contributed by atoms with Crippen LogP contribution in [0.1, 0.15) is 61.3 Å². The van der Waals surface area contributed by atoms with Gasteiger partial charge in [0.25, 0.3) is 0 Å². The molecule has 0 aromatic heterocycles. The van der Waals surface area contributed by atoms with E-state index in [1.807, 2.05) is 37.3 Å². The first-order valence-corrected chi connectivity index (χ1v) is 9.85. The molecule has 2 unspecified atom stereocenters. The van der Waals surface area contributed by atoms with Crippen LogP contribution in [0.25, 0.3) is 0 Å². The minimum atomic E-state index is -1.00. The molecule has 154 valence electrons. The van der Waals surface area contributed by atoms with Crippen LogP contribution >= 0.6 is 0 Å². The van der Waals surface area contributed by atoms with Crippen molar-refractivity contribution in [3.63, 3.8) is 0 Å². The minimum absolute atomic E-state index is 0.252. The second kappa shape index (κ2) is 9.99. The number of allylic oxidation sites excluding steroid dienone is 11. The molecule has 1 fully saturated rings. The number of carbonyl (C=O) groups excluding carboxylic acids is 1. The second-order valence-corrected chi connectivity index (χ2v) is 8.75. The van der Waals surface area contributed by atoms with Crippen LogP contribution in [0.3, 0.4) is 0 Å². The van der Waals surface area contributed by atoms with Crippen LogP contribution < -0.4 is 0 Å². The Labute approximate surface area is 170 Å². The molecule has 2 N–H and O–H groups in total. The van der Waals surface area contributed by atoms with E-state index in [9.17, 15) is 15.0 Å². The summed E-state index contributed by atoms with van der Waals surface area (Å²) in [4.78, 5) is 10.5. The largest absolute Gasteiger partial charge is 0.393 e. The molecule has 3 heteroatoms. The van der Waals surface area contributed by atoms with Gasteiger partial charge < -0.3 is 10.2 Å². The Balaban J connectivity index is 3.01. The number of aliphatic hydroxyl groups is 2. The molecule has 0 aromatic rings. The molecule has 0 aromatic carbocycles. The summed E-state index contributed by atoms with van der Waals surface area (Å²) in [5.41, 5.74) is 3.73. The van der Waals surface area contributed by atoms with Crippen molar-refractivity contribution in [3.8, 4) is 0 Å². The topological polar surface area (TPSA) is 57.5 Å². The smallest absolute Gasteiger partial charge is 0.145 e. The highest BCUT2D eigenvalue weighted by Crippen LogP contribution is 2.48. The van der Waals surface area contributed by atoms with E-state index < -0.39 is 11.7 Å². The number of hydrogen-bond donors (Lipinski definition) is 2. The molecule has 0 spiro atoms. The third kappa shape index (κ3) is 6.88. The summed E-state index contributed by atoms with van der Waals surface area (Å²) in [5, 5.41) is 21.1. The Morgan fingerprint density at radius 2 is 1.50 bits per heavy atom. The number of aliphatic hydroxyl groups excluding tert-OH is 1. The van der Waals surface area contributed by atoms with Crippen molar-refractivity contribution in [1.82, 2.24) is 0 Å². The zero-order valence-electron chi connectivity index (χ0n) is 18.4. The molecule has 0 radical (unpaired) electrons. The Morgan fingerprint density at radius 1 is 0.929 bits per heavy atom. The van der Waals surface area contributed by atoms with E-state index in [0.29, 0.717) is 18.4 Å². The molecular weight excluding hydrogens is 348 g/mol. The molecule has 1 saturated carbocycles. The van der Waals surface area contributed by atoms with Crippen molar-refractivity contribution in [1.29, 1.82) is 0 Å². The number of aldehydes is 1. The zero-order chi connectivity index (χ0) is 21.5. The molecule has 1 aliphatic carbocycles. The van der Waals surface area contributed by atoms with Gasteiger partial charge in [0.1, 0.15) is 6.29 Å². The fraction of sp³-hybridized carbons (Fsp3) is 0.480. The molecule has 1 aliphatic rings. The SMILES string of the molecule is CC(C=O)=CC=CC=C(C)C=CC=C(C)C(C)=C1C(C)(C)CC(O)CC1(C)O. The van der Waals surface area contributed by atoms with Gasteiger partial charge in [-0.25, -0.2) is 0 Å². The fourth-order valence-electron chi connectivity index (χ4n) is 4.14.